The lowest BCUT2D eigenvalue weighted by Crippen LogP contribution is -2.76. The number of halogens is 21. The molecule has 0 unspecified atom stereocenters. The van der Waals surface area contributed by atoms with Gasteiger partial charge in [-0.25, -0.2) is 0 Å². The van der Waals surface area contributed by atoms with E-state index in [-0.39, 0.29) is 0 Å². The summed E-state index contributed by atoms with van der Waals surface area (Å²) in [5.41, 5.74) is 0. The van der Waals surface area contributed by atoms with E-state index in [4.69, 9.17) is 10.2 Å². The lowest BCUT2D eigenvalue weighted by Gasteiger charge is -2.44. The fourth-order valence-electron chi connectivity index (χ4n) is 2.87. The van der Waals surface area contributed by atoms with E-state index in [1.165, 1.54) is 0 Å². The summed E-state index contributed by atoms with van der Waals surface area (Å²) in [6.45, 7) is -3.67. The third-order valence-corrected chi connectivity index (χ3v) is 5.84. The summed E-state index contributed by atoms with van der Waals surface area (Å²) in [5, 5.41) is 46.4. The van der Waals surface area contributed by atoms with Gasteiger partial charge >= 0.3 is 59.5 Å². The van der Waals surface area contributed by atoms with Crippen molar-refractivity contribution < 1.29 is 123 Å². The number of nitrogens with one attached hydrogen (secondary N) is 1. The average molecular weight is 741 g/mol. The average Bonchev–Trinajstić information content (AvgIpc) is 2.89. The molecule has 4 atom stereocenters. The molecule has 46 heavy (non-hydrogen) atoms. The molecule has 0 rings (SSSR count). The Kier molecular flexibility index (Phi) is 12.1. The first-order chi connectivity index (χ1) is 19.8. The zero-order chi connectivity index (χ0) is 37.7. The van der Waals surface area contributed by atoms with E-state index >= 15 is 0 Å². The van der Waals surface area contributed by atoms with Crippen molar-refractivity contribution in [1.82, 2.24) is 5.32 Å². The van der Waals surface area contributed by atoms with E-state index in [2.05, 4.69) is 0 Å². The molecule has 0 heterocycles. The molecule has 0 spiro atoms. The van der Waals surface area contributed by atoms with Crippen LogP contribution in [0.2, 0.25) is 0 Å². The summed E-state index contributed by atoms with van der Waals surface area (Å²) in [6, 6.07) is 0. The van der Waals surface area contributed by atoms with Gasteiger partial charge in [-0.2, -0.15) is 92.2 Å². The van der Waals surface area contributed by atoms with Gasteiger partial charge in [0, 0.05) is 13.0 Å². The largest absolute Gasteiger partial charge is 0.460 e. The first kappa shape index (κ1) is 43.8. The van der Waals surface area contributed by atoms with Gasteiger partial charge in [-0.15, -0.1) is 0 Å². The number of amides is 1. The number of alkyl halides is 21. The molecule has 0 aliphatic heterocycles. The molecule has 7 nitrogen and oxygen atoms in total. The minimum absolute atomic E-state index is 0.847. The minimum atomic E-state index is -9.31. The Morgan fingerprint density at radius 2 is 0.804 bits per heavy atom. The Balaban J connectivity index is 6.46. The minimum Gasteiger partial charge on any atom is -0.394 e. The number of aliphatic hydroxyl groups excluding tert-OH is 5. The van der Waals surface area contributed by atoms with Gasteiger partial charge in [-0.05, 0) is 0 Å². The van der Waals surface area contributed by atoms with E-state index in [0.29, 0.717) is 0 Å². The van der Waals surface area contributed by atoms with Crippen molar-refractivity contribution in [1.29, 1.82) is 0 Å². The molecule has 1 amide bonds. The van der Waals surface area contributed by atoms with Crippen molar-refractivity contribution in [2.45, 2.75) is 90.3 Å². The molecule has 0 aliphatic carbocycles. The molecule has 0 aromatic rings. The van der Waals surface area contributed by atoms with E-state index in [1.54, 1.807) is 0 Å². The molecule has 0 saturated heterocycles. The maximum absolute atomic E-state index is 13.9. The maximum atomic E-state index is 13.9. The number of rotatable bonds is 16. The Morgan fingerprint density at radius 3 is 1.11 bits per heavy atom. The molecule has 0 saturated carbocycles. The van der Waals surface area contributed by atoms with E-state index in [1.807, 2.05) is 0 Å². The first-order valence-electron chi connectivity index (χ1n) is 10.9. The predicted octanol–water partition coefficient (Wildman–Crippen LogP) is 3.21. The van der Waals surface area contributed by atoms with Crippen LogP contribution in [0.3, 0.4) is 0 Å². The molecule has 0 aromatic carbocycles. The summed E-state index contributed by atoms with van der Waals surface area (Å²) in [4.78, 5) is 11.5. The van der Waals surface area contributed by atoms with E-state index in [9.17, 15) is 112 Å². The Morgan fingerprint density at radius 1 is 0.500 bits per heavy atom. The van der Waals surface area contributed by atoms with Crippen molar-refractivity contribution in [3.8, 4) is 0 Å². The van der Waals surface area contributed by atoms with Gasteiger partial charge in [-0.1, -0.05) is 0 Å². The second-order valence-corrected chi connectivity index (χ2v) is 9.01. The summed E-state index contributed by atoms with van der Waals surface area (Å²) >= 11 is 0. The van der Waals surface area contributed by atoms with Gasteiger partial charge in [0.25, 0.3) is 5.91 Å². The highest BCUT2D eigenvalue weighted by Gasteiger charge is 2.97. The van der Waals surface area contributed by atoms with Gasteiger partial charge in [0.05, 0.1) is 6.61 Å². The highest BCUT2D eigenvalue weighted by atomic mass is 19.4. The van der Waals surface area contributed by atoms with Crippen LogP contribution in [0.1, 0.15) is 6.42 Å². The highest BCUT2D eigenvalue weighted by molar-refractivity contribution is 5.81. The van der Waals surface area contributed by atoms with Gasteiger partial charge in [0.2, 0.25) is 0 Å². The van der Waals surface area contributed by atoms with Crippen LogP contribution in [-0.4, -0.2) is 128 Å². The number of carbonyl (C=O) groups is 1. The van der Waals surface area contributed by atoms with Crippen molar-refractivity contribution in [3.05, 3.63) is 0 Å². The third kappa shape index (κ3) is 6.46. The lowest BCUT2D eigenvalue weighted by molar-refractivity contribution is -0.474. The molecule has 28 heteroatoms. The topological polar surface area (TPSA) is 130 Å². The number of hydrogen-bond acceptors (Lipinski definition) is 6. The standard InChI is InChI=1S/C18H16F21NO6/c19-9(20,1-2-40-8(46)7(45)6(44)5(43)4(42)3-41)10(21,22)11(23,24)12(25,26)13(27,28)14(29,30)15(31,32)16(33,34)17(35,36)18(37,38)39/h4-7,41-45H,1-3H2,(H,40,46)/t4-,5-,6+,7-/m1/s1. The Bertz CT molecular complexity index is 1060. The highest BCUT2D eigenvalue weighted by Crippen LogP contribution is 2.66. The SMILES string of the molecule is O=C(NCCC(F)(F)C(F)(F)C(F)(F)C(F)(F)C(F)(F)C(F)(F)C(F)(F)C(F)(F)C(F)(F)C(F)(F)F)[C@H](O)[C@@H](O)[C@H](O)[C@H](O)CO. The van der Waals surface area contributed by atoms with Gasteiger partial charge < -0.3 is 30.8 Å². The first-order valence-corrected chi connectivity index (χ1v) is 10.9. The second-order valence-electron chi connectivity index (χ2n) is 9.01. The molecular formula is C18H16F21NO6. The maximum Gasteiger partial charge on any atom is 0.460 e. The van der Waals surface area contributed by atoms with Crippen LogP contribution in [0, 0.1) is 0 Å². The quantitative estimate of drug-likeness (QED) is 0.135. The fraction of sp³-hybridized carbons (Fsp3) is 0.944. The summed E-state index contributed by atoms with van der Waals surface area (Å²) in [5.74, 6) is -80.8. The zero-order valence-corrected chi connectivity index (χ0v) is 21.0. The summed E-state index contributed by atoms with van der Waals surface area (Å²) in [6.07, 6.45) is -22.2. The Labute approximate surface area is 238 Å². The number of hydrogen-bond donors (Lipinski definition) is 6. The fourth-order valence-corrected chi connectivity index (χ4v) is 2.87. The van der Waals surface area contributed by atoms with Crippen molar-refractivity contribution in [2.75, 3.05) is 13.2 Å². The molecule has 0 radical (unpaired) electrons. The summed E-state index contributed by atoms with van der Waals surface area (Å²) < 4.78 is 280. The number of aliphatic hydroxyl groups is 5. The lowest BCUT2D eigenvalue weighted by atomic mass is 9.86. The summed E-state index contributed by atoms with van der Waals surface area (Å²) in [7, 11) is 0. The molecular weight excluding hydrogens is 725 g/mol. The predicted molar refractivity (Wildman–Crippen MR) is 99.3 cm³/mol. The second kappa shape index (κ2) is 12.7. The van der Waals surface area contributed by atoms with Crippen LogP contribution in [0.25, 0.3) is 0 Å². The van der Waals surface area contributed by atoms with Crippen molar-refractivity contribution in [3.63, 3.8) is 0 Å². The number of carbonyl (C=O) groups excluding carboxylic acids is 1. The van der Waals surface area contributed by atoms with Crippen LogP contribution in [-0.2, 0) is 4.79 Å². The molecule has 0 fully saturated rings. The van der Waals surface area contributed by atoms with Crippen LogP contribution in [0.15, 0.2) is 0 Å². The van der Waals surface area contributed by atoms with Crippen LogP contribution < -0.4 is 5.32 Å². The van der Waals surface area contributed by atoms with E-state index < -0.39 is 109 Å². The molecule has 276 valence electrons. The third-order valence-electron chi connectivity index (χ3n) is 5.84. The smallest absolute Gasteiger partial charge is 0.394 e. The molecule has 0 aromatic heterocycles. The molecule has 0 bridgehead atoms. The van der Waals surface area contributed by atoms with Gasteiger partial charge in [0.15, 0.2) is 6.10 Å². The van der Waals surface area contributed by atoms with Crippen LogP contribution >= 0.6 is 0 Å². The van der Waals surface area contributed by atoms with Crippen molar-refractivity contribution >= 4 is 5.91 Å². The molecule has 6 N–H and O–H groups in total. The van der Waals surface area contributed by atoms with E-state index in [0.717, 1.165) is 5.32 Å². The van der Waals surface area contributed by atoms with Crippen LogP contribution in [0.5, 0.6) is 0 Å². The molecule has 0 aliphatic rings. The van der Waals surface area contributed by atoms with Gasteiger partial charge in [-0.3, -0.25) is 4.79 Å². The zero-order valence-electron chi connectivity index (χ0n) is 21.0. The monoisotopic (exact) mass is 741 g/mol. The Hall–Kier alpha value is -2.20. The van der Waals surface area contributed by atoms with Gasteiger partial charge in [0.1, 0.15) is 18.3 Å². The normalized spacial score (nSPS) is 18.2. The van der Waals surface area contributed by atoms with Crippen LogP contribution in [0.4, 0.5) is 92.2 Å². The van der Waals surface area contributed by atoms with Crippen molar-refractivity contribution in [2.24, 2.45) is 0 Å².